The van der Waals surface area contributed by atoms with Crippen molar-refractivity contribution in [3.63, 3.8) is 0 Å². The van der Waals surface area contributed by atoms with E-state index in [1.807, 2.05) is 0 Å². The second kappa shape index (κ2) is 8.14. The lowest BCUT2D eigenvalue weighted by Crippen LogP contribution is -2.48. The van der Waals surface area contributed by atoms with Crippen LogP contribution in [0, 0.1) is 0 Å². The fourth-order valence-corrected chi connectivity index (χ4v) is 7.29. The SMILES string of the molecule is Cl.O=C(Cc1ccc(S(=O)(=O)N2CCCC2)s1)NC1CC2CCC(C1)N2. The summed E-state index contributed by atoms with van der Waals surface area (Å²) in [5, 5.41) is 6.71. The van der Waals surface area contributed by atoms with E-state index < -0.39 is 10.0 Å². The molecule has 3 aliphatic heterocycles. The van der Waals surface area contributed by atoms with Crippen LogP contribution in [0.3, 0.4) is 0 Å². The molecule has 6 nitrogen and oxygen atoms in total. The number of halogens is 1. The summed E-state index contributed by atoms with van der Waals surface area (Å²) in [5.41, 5.74) is 0. The van der Waals surface area contributed by atoms with Crippen molar-refractivity contribution in [3.05, 3.63) is 17.0 Å². The molecule has 4 rings (SSSR count). The van der Waals surface area contributed by atoms with Gasteiger partial charge < -0.3 is 10.6 Å². The van der Waals surface area contributed by atoms with Crippen molar-refractivity contribution in [2.24, 2.45) is 0 Å². The van der Waals surface area contributed by atoms with Gasteiger partial charge in [-0.15, -0.1) is 23.7 Å². The van der Waals surface area contributed by atoms with E-state index in [0.717, 1.165) is 30.6 Å². The van der Waals surface area contributed by atoms with Crippen LogP contribution in [0.2, 0.25) is 0 Å². The van der Waals surface area contributed by atoms with Gasteiger partial charge in [0.2, 0.25) is 5.91 Å². The van der Waals surface area contributed by atoms with Gasteiger partial charge >= 0.3 is 0 Å². The van der Waals surface area contributed by atoms with E-state index in [1.165, 1.54) is 24.2 Å². The Labute approximate surface area is 165 Å². The van der Waals surface area contributed by atoms with Crippen LogP contribution in [0.25, 0.3) is 0 Å². The van der Waals surface area contributed by atoms with Gasteiger partial charge in [-0.25, -0.2) is 8.42 Å². The Hall–Kier alpha value is -0.670. The van der Waals surface area contributed by atoms with Gasteiger partial charge in [0, 0.05) is 36.1 Å². The van der Waals surface area contributed by atoms with Crippen molar-refractivity contribution in [2.75, 3.05) is 13.1 Å². The molecule has 4 heterocycles. The summed E-state index contributed by atoms with van der Waals surface area (Å²) in [6, 6.07) is 4.76. The predicted octanol–water partition coefficient (Wildman–Crippen LogP) is 1.90. The summed E-state index contributed by atoms with van der Waals surface area (Å²) in [7, 11) is -3.38. The van der Waals surface area contributed by atoms with Crippen LogP contribution in [-0.2, 0) is 21.2 Å². The molecule has 0 spiro atoms. The van der Waals surface area contributed by atoms with E-state index in [0.29, 0.717) is 29.4 Å². The molecule has 3 aliphatic rings. The standard InChI is InChI=1S/C17H25N3O3S2.ClH/c21-16(19-14-9-12-3-4-13(10-14)18-12)11-15-5-6-17(24-15)25(22,23)20-7-1-2-8-20;/h5-6,12-14,18H,1-4,7-11H2,(H,19,21);1H. The number of carbonyl (C=O) groups excluding carboxylic acids is 1. The number of hydrogen-bond donors (Lipinski definition) is 2. The van der Waals surface area contributed by atoms with Crippen molar-refractivity contribution in [1.29, 1.82) is 0 Å². The quantitative estimate of drug-likeness (QED) is 0.764. The Morgan fingerprint density at radius 2 is 1.85 bits per heavy atom. The van der Waals surface area contributed by atoms with Crippen LogP contribution in [0.4, 0.5) is 0 Å². The third kappa shape index (κ3) is 4.25. The maximum atomic E-state index is 12.6. The fourth-order valence-electron chi connectivity index (χ4n) is 4.26. The molecule has 2 N–H and O–H groups in total. The van der Waals surface area contributed by atoms with Gasteiger partial charge in [-0.1, -0.05) is 0 Å². The van der Waals surface area contributed by atoms with Crippen LogP contribution >= 0.6 is 23.7 Å². The Balaban J connectivity index is 0.00000196. The summed E-state index contributed by atoms with van der Waals surface area (Å²) in [6.07, 6.45) is 6.54. The van der Waals surface area contributed by atoms with Gasteiger partial charge in [-0.3, -0.25) is 4.79 Å². The molecular weight excluding hydrogens is 394 g/mol. The molecule has 3 fully saturated rings. The van der Waals surface area contributed by atoms with Crippen molar-refractivity contribution in [1.82, 2.24) is 14.9 Å². The van der Waals surface area contributed by atoms with E-state index in [4.69, 9.17) is 0 Å². The van der Waals surface area contributed by atoms with Crippen LogP contribution in [-0.4, -0.2) is 49.8 Å². The number of nitrogens with zero attached hydrogens (tertiary/aromatic N) is 1. The first-order valence-corrected chi connectivity index (χ1v) is 11.4. The van der Waals surface area contributed by atoms with E-state index in [-0.39, 0.29) is 30.8 Å². The average molecular weight is 420 g/mol. The third-order valence-electron chi connectivity index (χ3n) is 5.47. The maximum Gasteiger partial charge on any atom is 0.252 e. The third-order valence-corrected chi connectivity index (χ3v) is 8.92. The highest BCUT2D eigenvalue weighted by atomic mass is 35.5. The summed E-state index contributed by atoms with van der Waals surface area (Å²) < 4.78 is 27.0. The van der Waals surface area contributed by atoms with Gasteiger partial charge in [0.25, 0.3) is 10.0 Å². The lowest BCUT2D eigenvalue weighted by Gasteiger charge is -2.29. The Kier molecular flexibility index (Phi) is 6.29. The molecule has 146 valence electrons. The lowest BCUT2D eigenvalue weighted by atomic mass is 10.00. The largest absolute Gasteiger partial charge is 0.353 e. The molecule has 2 unspecified atom stereocenters. The Morgan fingerprint density at radius 1 is 1.19 bits per heavy atom. The van der Waals surface area contributed by atoms with Gasteiger partial charge in [0.15, 0.2) is 0 Å². The van der Waals surface area contributed by atoms with E-state index >= 15 is 0 Å². The first-order valence-electron chi connectivity index (χ1n) is 9.15. The maximum absolute atomic E-state index is 12.6. The highest BCUT2D eigenvalue weighted by Gasteiger charge is 2.34. The molecule has 0 aliphatic carbocycles. The highest BCUT2D eigenvalue weighted by Crippen LogP contribution is 2.29. The molecule has 0 radical (unpaired) electrons. The van der Waals surface area contributed by atoms with Gasteiger partial charge in [-0.05, 0) is 50.7 Å². The minimum absolute atomic E-state index is 0. The first-order chi connectivity index (χ1) is 12.0. The van der Waals surface area contributed by atoms with E-state index in [1.54, 1.807) is 16.4 Å². The zero-order chi connectivity index (χ0) is 17.4. The number of piperidine rings is 1. The summed E-state index contributed by atoms with van der Waals surface area (Å²) >= 11 is 1.23. The van der Waals surface area contributed by atoms with Gasteiger partial charge in [-0.2, -0.15) is 4.31 Å². The predicted molar refractivity (Wildman–Crippen MR) is 104 cm³/mol. The normalized spacial score (nSPS) is 28.7. The van der Waals surface area contributed by atoms with Crippen molar-refractivity contribution < 1.29 is 13.2 Å². The zero-order valence-corrected chi connectivity index (χ0v) is 17.1. The first kappa shape index (κ1) is 20.1. The average Bonchev–Trinajstić information content (AvgIpc) is 3.29. The van der Waals surface area contributed by atoms with Crippen LogP contribution in [0.1, 0.15) is 43.4 Å². The fraction of sp³-hybridized carbons (Fsp3) is 0.706. The molecule has 26 heavy (non-hydrogen) atoms. The number of rotatable bonds is 5. The second-order valence-corrected chi connectivity index (χ2v) is 10.7. The topological polar surface area (TPSA) is 78.5 Å². The molecule has 2 bridgehead atoms. The zero-order valence-electron chi connectivity index (χ0n) is 14.6. The van der Waals surface area contributed by atoms with Crippen LogP contribution < -0.4 is 10.6 Å². The Morgan fingerprint density at radius 3 is 2.50 bits per heavy atom. The van der Waals surface area contributed by atoms with E-state index in [2.05, 4.69) is 10.6 Å². The van der Waals surface area contributed by atoms with Gasteiger partial charge in [0.1, 0.15) is 4.21 Å². The Bertz CT molecular complexity index is 734. The second-order valence-electron chi connectivity index (χ2n) is 7.38. The number of amides is 1. The molecule has 3 saturated heterocycles. The van der Waals surface area contributed by atoms with Crippen LogP contribution in [0.15, 0.2) is 16.3 Å². The molecular formula is C17H26ClN3O3S2. The monoisotopic (exact) mass is 419 g/mol. The number of thiophene rings is 1. The molecule has 1 aromatic rings. The number of fused-ring (bicyclic) bond motifs is 2. The number of hydrogen-bond acceptors (Lipinski definition) is 5. The van der Waals surface area contributed by atoms with Crippen molar-refractivity contribution in [2.45, 2.75) is 67.3 Å². The van der Waals surface area contributed by atoms with Crippen molar-refractivity contribution >= 4 is 39.7 Å². The highest BCUT2D eigenvalue weighted by molar-refractivity contribution is 7.91. The number of sulfonamides is 1. The molecule has 0 aromatic carbocycles. The summed E-state index contributed by atoms with van der Waals surface area (Å²) in [4.78, 5) is 13.2. The number of carbonyl (C=O) groups is 1. The smallest absolute Gasteiger partial charge is 0.252 e. The minimum Gasteiger partial charge on any atom is -0.353 e. The van der Waals surface area contributed by atoms with Gasteiger partial charge in [0.05, 0.1) is 6.42 Å². The summed E-state index contributed by atoms with van der Waals surface area (Å²) in [5.74, 6) is -0.00160. The van der Waals surface area contributed by atoms with Crippen molar-refractivity contribution in [3.8, 4) is 0 Å². The summed E-state index contributed by atoms with van der Waals surface area (Å²) in [6.45, 7) is 1.21. The van der Waals surface area contributed by atoms with Crippen LogP contribution in [0.5, 0.6) is 0 Å². The molecule has 0 saturated carbocycles. The molecule has 1 aromatic heterocycles. The lowest BCUT2D eigenvalue weighted by molar-refractivity contribution is -0.121. The molecule has 1 amide bonds. The molecule has 2 atom stereocenters. The minimum atomic E-state index is -3.38. The van der Waals surface area contributed by atoms with E-state index in [9.17, 15) is 13.2 Å². The number of nitrogens with one attached hydrogen (secondary N) is 2. The molecule has 9 heteroatoms.